The molecule has 1 rings (SSSR count). The molecule has 0 radical (unpaired) electrons. The van der Waals surface area contributed by atoms with Crippen molar-refractivity contribution in [2.75, 3.05) is 0 Å². The molecule has 0 saturated heterocycles. The van der Waals surface area contributed by atoms with E-state index in [0.29, 0.717) is 5.02 Å². The van der Waals surface area contributed by atoms with Crippen LogP contribution < -0.4 is 5.73 Å². The summed E-state index contributed by atoms with van der Waals surface area (Å²) in [6.45, 7) is 0. The number of amidine groups is 1. The van der Waals surface area contributed by atoms with Crippen molar-refractivity contribution in [1.29, 1.82) is 5.41 Å². The maximum Gasteiger partial charge on any atom is 0.143 e. The number of nitrogen functional groups attached to an aromatic ring is 1. The van der Waals surface area contributed by atoms with E-state index in [1.54, 1.807) is 6.07 Å². The van der Waals surface area contributed by atoms with Gasteiger partial charge in [0.1, 0.15) is 16.7 Å². The summed E-state index contributed by atoms with van der Waals surface area (Å²) in [4.78, 5) is 3.76. The van der Waals surface area contributed by atoms with Crippen LogP contribution in [0.3, 0.4) is 0 Å². The van der Waals surface area contributed by atoms with Crippen molar-refractivity contribution in [1.82, 2.24) is 4.98 Å². The first-order chi connectivity index (χ1) is 5.11. The van der Waals surface area contributed by atoms with Crippen LogP contribution in [-0.4, -0.2) is 10.8 Å². The van der Waals surface area contributed by atoms with E-state index in [1.165, 1.54) is 6.07 Å². The number of pyridine rings is 1. The average molecular weight is 226 g/mol. The van der Waals surface area contributed by atoms with Gasteiger partial charge < -0.3 is 5.73 Å². The highest BCUT2D eigenvalue weighted by molar-refractivity contribution is 6.34. The molecule has 0 amide bonds. The second kappa shape index (κ2) is 4.50. The number of halogens is 3. The Labute approximate surface area is 85.8 Å². The molecule has 6 heteroatoms. The SMILES string of the molecule is Cl.N=C(N)c1nc(Cl)ccc1Cl. The fourth-order valence-corrected chi connectivity index (χ4v) is 0.962. The van der Waals surface area contributed by atoms with Gasteiger partial charge in [-0.25, -0.2) is 4.98 Å². The van der Waals surface area contributed by atoms with Gasteiger partial charge in [-0.05, 0) is 12.1 Å². The van der Waals surface area contributed by atoms with E-state index in [-0.39, 0.29) is 29.1 Å². The predicted molar refractivity (Wildman–Crippen MR) is 52.5 cm³/mol. The second-order valence-corrected chi connectivity index (χ2v) is 2.67. The number of nitrogens with zero attached hydrogens (tertiary/aromatic N) is 1. The quantitative estimate of drug-likeness (QED) is 0.438. The van der Waals surface area contributed by atoms with Gasteiger partial charge in [0.25, 0.3) is 0 Å². The molecule has 1 aromatic heterocycles. The number of nitrogens with two attached hydrogens (primary N) is 1. The minimum atomic E-state index is -0.183. The molecule has 12 heavy (non-hydrogen) atoms. The maximum absolute atomic E-state index is 7.05. The summed E-state index contributed by atoms with van der Waals surface area (Å²) in [5.41, 5.74) is 5.38. The lowest BCUT2D eigenvalue weighted by Crippen LogP contribution is -2.13. The van der Waals surface area contributed by atoms with E-state index in [2.05, 4.69) is 4.98 Å². The molecule has 0 atom stereocenters. The maximum atomic E-state index is 7.05. The third kappa shape index (κ3) is 2.52. The monoisotopic (exact) mass is 225 g/mol. The van der Waals surface area contributed by atoms with Gasteiger partial charge in [-0.2, -0.15) is 0 Å². The predicted octanol–water partition coefficient (Wildman–Crippen LogP) is 2.09. The van der Waals surface area contributed by atoms with Gasteiger partial charge in [-0.15, -0.1) is 12.4 Å². The molecule has 0 aliphatic heterocycles. The minimum absolute atomic E-state index is 0. The first-order valence-corrected chi connectivity index (χ1v) is 3.53. The van der Waals surface area contributed by atoms with Crippen LogP contribution in [0, 0.1) is 5.41 Å². The van der Waals surface area contributed by atoms with E-state index in [1.807, 2.05) is 0 Å². The van der Waals surface area contributed by atoms with Gasteiger partial charge in [0.2, 0.25) is 0 Å². The third-order valence-electron chi connectivity index (χ3n) is 1.07. The van der Waals surface area contributed by atoms with Crippen molar-refractivity contribution in [3.8, 4) is 0 Å². The van der Waals surface area contributed by atoms with Gasteiger partial charge in [0.05, 0.1) is 5.02 Å². The normalized spacial score (nSPS) is 8.83. The highest BCUT2D eigenvalue weighted by atomic mass is 35.5. The summed E-state index contributed by atoms with van der Waals surface area (Å²) in [5.74, 6) is -0.183. The van der Waals surface area contributed by atoms with Crippen LogP contribution in [-0.2, 0) is 0 Å². The molecular weight excluding hydrogens is 220 g/mol. The van der Waals surface area contributed by atoms with E-state index in [9.17, 15) is 0 Å². The molecule has 66 valence electrons. The summed E-state index contributed by atoms with van der Waals surface area (Å²) in [7, 11) is 0. The average Bonchev–Trinajstić information content (AvgIpc) is 1.94. The fraction of sp³-hybridized carbons (Fsp3) is 0. The first kappa shape index (κ1) is 11.5. The Kier molecular flexibility index (Phi) is 4.31. The zero-order valence-corrected chi connectivity index (χ0v) is 8.17. The molecule has 3 N–H and O–H groups in total. The Bertz CT molecular complexity index is 300. The van der Waals surface area contributed by atoms with Gasteiger partial charge in [-0.3, -0.25) is 5.41 Å². The summed E-state index contributed by atoms with van der Waals surface area (Å²) >= 11 is 11.2. The minimum Gasteiger partial charge on any atom is -0.382 e. The van der Waals surface area contributed by atoms with Crippen LogP contribution in [0.4, 0.5) is 0 Å². The van der Waals surface area contributed by atoms with E-state index in [4.69, 9.17) is 34.3 Å². The van der Waals surface area contributed by atoms with Gasteiger partial charge in [0, 0.05) is 0 Å². The number of rotatable bonds is 1. The Morgan fingerprint density at radius 1 is 1.42 bits per heavy atom. The number of hydrogen-bond donors (Lipinski definition) is 2. The number of hydrogen-bond acceptors (Lipinski definition) is 2. The zero-order chi connectivity index (χ0) is 8.43. The molecule has 0 spiro atoms. The lowest BCUT2D eigenvalue weighted by molar-refractivity contribution is 1.26. The van der Waals surface area contributed by atoms with E-state index < -0.39 is 0 Å². The molecule has 0 unspecified atom stereocenters. The molecule has 0 aliphatic rings. The second-order valence-electron chi connectivity index (χ2n) is 1.88. The Hall–Kier alpha value is -0.510. The van der Waals surface area contributed by atoms with Crippen molar-refractivity contribution in [3.63, 3.8) is 0 Å². The molecule has 0 fully saturated rings. The Morgan fingerprint density at radius 3 is 2.42 bits per heavy atom. The zero-order valence-electron chi connectivity index (χ0n) is 5.84. The Morgan fingerprint density at radius 2 is 2.00 bits per heavy atom. The van der Waals surface area contributed by atoms with Crippen LogP contribution in [0.5, 0.6) is 0 Å². The van der Waals surface area contributed by atoms with Crippen LogP contribution in [0.2, 0.25) is 10.2 Å². The van der Waals surface area contributed by atoms with Gasteiger partial charge in [-0.1, -0.05) is 23.2 Å². The van der Waals surface area contributed by atoms with Crippen LogP contribution in [0.25, 0.3) is 0 Å². The standard InChI is InChI=1S/C6H5Cl2N3.ClH/c7-3-1-2-4(8)11-5(3)6(9)10;/h1-2H,(H3,9,10);1H. The van der Waals surface area contributed by atoms with Crippen molar-refractivity contribution in [3.05, 3.63) is 28.0 Å². The molecule has 0 saturated carbocycles. The molecule has 0 aromatic carbocycles. The lowest BCUT2D eigenvalue weighted by atomic mass is 10.3. The number of aromatic nitrogens is 1. The highest BCUT2D eigenvalue weighted by Crippen LogP contribution is 2.15. The highest BCUT2D eigenvalue weighted by Gasteiger charge is 2.04. The first-order valence-electron chi connectivity index (χ1n) is 2.77. The smallest absolute Gasteiger partial charge is 0.143 e. The van der Waals surface area contributed by atoms with Crippen LogP contribution in [0.1, 0.15) is 5.69 Å². The van der Waals surface area contributed by atoms with Crippen LogP contribution >= 0.6 is 35.6 Å². The van der Waals surface area contributed by atoms with Gasteiger partial charge in [0.15, 0.2) is 0 Å². The van der Waals surface area contributed by atoms with Crippen molar-refractivity contribution < 1.29 is 0 Å². The van der Waals surface area contributed by atoms with Gasteiger partial charge >= 0.3 is 0 Å². The lowest BCUT2D eigenvalue weighted by Gasteiger charge is -1.99. The Balaban J connectivity index is 0.00000121. The summed E-state index contributed by atoms with van der Waals surface area (Å²) in [6.07, 6.45) is 0. The van der Waals surface area contributed by atoms with Crippen molar-refractivity contribution >= 4 is 41.4 Å². The summed E-state index contributed by atoms with van der Waals surface area (Å²) < 4.78 is 0. The molecule has 1 heterocycles. The van der Waals surface area contributed by atoms with Crippen molar-refractivity contribution in [2.45, 2.75) is 0 Å². The van der Waals surface area contributed by atoms with Crippen LogP contribution in [0.15, 0.2) is 12.1 Å². The molecule has 1 aromatic rings. The topological polar surface area (TPSA) is 62.8 Å². The summed E-state index contributed by atoms with van der Waals surface area (Å²) in [5, 5.41) is 7.66. The van der Waals surface area contributed by atoms with E-state index in [0.717, 1.165) is 0 Å². The fourth-order valence-electron chi connectivity index (χ4n) is 0.607. The summed E-state index contributed by atoms with van der Waals surface area (Å²) in [6, 6.07) is 3.09. The third-order valence-corrected chi connectivity index (χ3v) is 1.58. The molecule has 3 nitrogen and oxygen atoms in total. The van der Waals surface area contributed by atoms with E-state index >= 15 is 0 Å². The molecule has 0 aliphatic carbocycles. The number of nitrogens with one attached hydrogen (secondary N) is 1. The molecule has 0 bridgehead atoms. The van der Waals surface area contributed by atoms with Crippen molar-refractivity contribution in [2.24, 2.45) is 5.73 Å². The molecular formula is C6H6Cl3N3. The largest absolute Gasteiger partial charge is 0.382 e.